The van der Waals surface area contributed by atoms with E-state index < -0.39 is 11.7 Å². The van der Waals surface area contributed by atoms with Crippen LogP contribution in [0.1, 0.15) is 11.1 Å². The Hall–Kier alpha value is -3.09. The molecule has 0 saturated heterocycles. The van der Waals surface area contributed by atoms with Gasteiger partial charge in [0.2, 0.25) is 5.95 Å². The maximum Gasteiger partial charge on any atom is 0.421 e. The van der Waals surface area contributed by atoms with E-state index in [0.29, 0.717) is 5.69 Å². The number of para-hydroxylation sites is 2. The summed E-state index contributed by atoms with van der Waals surface area (Å²) >= 11 is 0. The van der Waals surface area contributed by atoms with Crippen molar-refractivity contribution in [3.8, 4) is 0 Å². The first-order chi connectivity index (χ1) is 11.9. The van der Waals surface area contributed by atoms with Crippen LogP contribution in [-0.2, 0) is 6.18 Å². The molecule has 4 nitrogen and oxygen atoms in total. The first-order valence-corrected chi connectivity index (χ1v) is 7.52. The second-order valence-electron chi connectivity index (χ2n) is 5.38. The summed E-state index contributed by atoms with van der Waals surface area (Å²) in [7, 11) is 0. The number of hydrogen-bond donors (Lipinski definition) is 2. The molecule has 0 fully saturated rings. The molecular weight excluding hydrogens is 329 g/mol. The number of nitrogens with one attached hydrogen (secondary N) is 2. The van der Waals surface area contributed by atoms with Crippen molar-refractivity contribution in [2.45, 2.75) is 13.1 Å². The van der Waals surface area contributed by atoms with Gasteiger partial charge in [0.15, 0.2) is 0 Å². The average molecular weight is 344 g/mol. The molecule has 0 unspecified atom stereocenters. The molecule has 7 heteroatoms. The van der Waals surface area contributed by atoms with Crippen molar-refractivity contribution in [1.82, 2.24) is 9.97 Å². The molecule has 0 atom stereocenters. The lowest BCUT2D eigenvalue weighted by Crippen LogP contribution is -2.12. The van der Waals surface area contributed by atoms with E-state index in [1.165, 1.54) is 0 Å². The van der Waals surface area contributed by atoms with Crippen LogP contribution in [0.5, 0.6) is 0 Å². The minimum absolute atomic E-state index is 0.0840. The van der Waals surface area contributed by atoms with E-state index in [0.717, 1.165) is 17.4 Å². The second kappa shape index (κ2) is 6.80. The lowest BCUT2D eigenvalue weighted by molar-refractivity contribution is -0.137. The first-order valence-electron chi connectivity index (χ1n) is 7.52. The third kappa shape index (κ3) is 4.06. The van der Waals surface area contributed by atoms with Gasteiger partial charge in [0.1, 0.15) is 11.4 Å². The summed E-state index contributed by atoms with van der Waals surface area (Å²) in [5, 5.41) is 5.66. The molecule has 3 rings (SSSR count). The Morgan fingerprint density at radius 2 is 1.56 bits per heavy atom. The van der Waals surface area contributed by atoms with E-state index >= 15 is 0 Å². The van der Waals surface area contributed by atoms with Crippen LogP contribution in [0.3, 0.4) is 0 Å². The monoisotopic (exact) mass is 344 g/mol. The van der Waals surface area contributed by atoms with Gasteiger partial charge in [-0.2, -0.15) is 18.2 Å². The number of benzene rings is 2. The summed E-state index contributed by atoms with van der Waals surface area (Å²) in [6, 6.07) is 15.9. The molecule has 0 amide bonds. The highest BCUT2D eigenvalue weighted by molar-refractivity contribution is 5.63. The zero-order chi connectivity index (χ0) is 17.9. The van der Waals surface area contributed by atoms with Crippen LogP contribution in [0, 0.1) is 6.92 Å². The van der Waals surface area contributed by atoms with Gasteiger partial charge < -0.3 is 10.6 Å². The highest BCUT2D eigenvalue weighted by Crippen LogP contribution is 2.35. The van der Waals surface area contributed by atoms with Gasteiger partial charge in [-0.3, -0.25) is 0 Å². The van der Waals surface area contributed by atoms with E-state index in [-0.39, 0.29) is 11.8 Å². The Balaban J connectivity index is 1.96. The highest BCUT2D eigenvalue weighted by Gasteiger charge is 2.35. The molecule has 0 saturated carbocycles. The number of aryl methyl sites for hydroxylation is 1. The normalized spacial score (nSPS) is 11.2. The van der Waals surface area contributed by atoms with Crippen LogP contribution in [0.4, 0.5) is 36.3 Å². The molecule has 0 aliphatic heterocycles. The summed E-state index contributed by atoms with van der Waals surface area (Å²) in [5.74, 6) is -0.217. The molecular formula is C18H15F3N4. The van der Waals surface area contributed by atoms with Crippen molar-refractivity contribution in [3.63, 3.8) is 0 Å². The maximum atomic E-state index is 13.2. The molecule has 0 aliphatic carbocycles. The molecule has 0 radical (unpaired) electrons. The first kappa shape index (κ1) is 16.8. The summed E-state index contributed by atoms with van der Waals surface area (Å²) in [4.78, 5) is 7.82. The van der Waals surface area contributed by atoms with Crippen LogP contribution in [0.15, 0.2) is 60.8 Å². The third-order valence-electron chi connectivity index (χ3n) is 3.52. The average Bonchev–Trinajstić information content (AvgIpc) is 2.57. The molecule has 2 N–H and O–H groups in total. The standard InChI is InChI=1S/C18H15F3N4/c1-12-7-5-6-10-15(12)24-17-22-11-14(18(19,20)21)16(25-17)23-13-8-3-2-4-9-13/h2-11H,1H3,(H2,22,23,24,25). The minimum atomic E-state index is -4.56. The van der Waals surface area contributed by atoms with Crippen molar-refractivity contribution in [2.24, 2.45) is 0 Å². The number of hydrogen-bond acceptors (Lipinski definition) is 4. The number of halogens is 3. The van der Waals surface area contributed by atoms with Crippen molar-refractivity contribution in [3.05, 3.63) is 71.9 Å². The van der Waals surface area contributed by atoms with Gasteiger partial charge in [-0.15, -0.1) is 0 Å². The summed E-state index contributed by atoms with van der Waals surface area (Å²) in [6.07, 6.45) is -3.78. The molecule has 128 valence electrons. The molecule has 1 aromatic heterocycles. The fourth-order valence-corrected chi connectivity index (χ4v) is 2.24. The quantitative estimate of drug-likeness (QED) is 0.675. The van der Waals surface area contributed by atoms with Gasteiger partial charge in [0.25, 0.3) is 0 Å². The number of nitrogens with zero attached hydrogens (tertiary/aromatic N) is 2. The Bertz CT molecular complexity index is 864. The fraction of sp³-hybridized carbons (Fsp3) is 0.111. The number of alkyl halides is 3. The van der Waals surface area contributed by atoms with E-state index in [1.54, 1.807) is 36.4 Å². The maximum absolute atomic E-state index is 13.2. The second-order valence-corrected chi connectivity index (χ2v) is 5.38. The number of anilines is 4. The van der Waals surface area contributed by atoms with E-state index in [4.69, 9.17) is 0 Å². The van der Waals surface area contributed by atoms with Gasteiger partial charge >= 0.3 is 6.18 Å². The number of rotatable bonds is 4. The SMILES string of the molecule is Cc1ccccc1Nc1ncc(C(F)(F)F)c(Nc2ccccc2)n1. The molecule has 1 heterocycles. The minimum Gasteiger partial charge on any atom is -0.340 e. The Kier molecular flexibility index (Phi) is 4.56. The van der Waals surface area contributed by atoms with Gasteiger partial charge in [0.05, 0.1) is 0 Å². The van der Waals surface area contributed by atoms with Crippen molar-refractivity contribution in [1.29, 1.82) is 0 Å². The van der Waals surface area contributed by atoms with Gasteiger partial charge in [0, 0.05) is 17.6 Å². The van der Waals surface area contributed by atoms with Gasteiger partial charge in [-0.1, -0.05) is 36.4 Å². The summed E-state index contributed by atoms with van der Waals surface area (Å²) < 4.78 is 39.7. The predicted octanol–water partition coefficient (Wildman–Crippen LogP) is 5.29. The van der Waals surface area contributed by atoms with Gasteiger partial charge in [-0.05, 0) is 30.7 Å². The van der Waals surface area contributed by atoms with Crippen molar-refractivity contribution < 1.29 is 13.2 Å². The summed E-state index contributed by atoms with van der Waals surface area (Å²) in [6.45, 7) is 1.88. The summed E-state index contributed by atoms with van der Waals surface area (Å²) in [5.41, 5.74) is 1.25. The Morgan fingerprint density at radius 3 is 2.24 bits per heavy atom. The Morgan fingerprint density at radius 1 is 0.880 bits per heavy atom. The van der Waals surface area contributed by atoms with Crippen LogP contribution in [0.25, 0.3) is 0 Å². The smallest absolute Gasteiger partial charge is 0.340 e. The fourth-order valence-electron chi connectivity index (χ4n) is 2.24. The van der Waals surface area contributed by atoms with Crippen LogP contribution < -0.4 is 10.6 Å². The zero-order valence-electron chi connectivity index (χ0n) is 13.3. The highest BCUT2D eigenvalue weighted by atomic mass is 19.4. The molecule has 0 aliphatic rings. The largest absolute Gasteiger partial charge is 0.421 e. The third-order valence-corrected chi connectivity index (χ3v) is 3.52. The van der Waals surface area contributed by atoms with Crippen LogP contribution in [-0.4, -0.2) is 9.97 Å². The van der Waals surface area contributed by atoms with E-state index in [2.05, 4.69) is 20.6 Å². The zero-order valence-corrected chi connectivity index (χ0v) is 13.3. The molecule has 3 aromatic rings. The predicted molar refractivity (Wildman–Crippen MR) is 91.2 cm³/mol. The lowest BCUT2D eigenvalue weighted by atomic mass is 10.2. The van der Waals surface area contributed by atoms with Crippen molar-refractivity contribution >= 4 is 23.1 Å². The van der Waals surface area contributed by atoms with Crippen LogP contribution >= 0.6 is 0 Å². The van der Waals surface area contributed by atoms with Crippen molar-refractivity contribution in [2.75, 3.05) is 10.6 Å². The molecule has 0 spiro atoms. The molecule has 2 aromatic carbocycles. The Labute approximate surface area is 142 Å². The molecule has 0 bridgehead atoms. The van der Waals surface area contributed by atoms with E-state index in [9.17, 15) is 13.2 Å². The number of aromatic nitrogens is 2. The molecule has 25 heavy (non-hydrogen) atoms. The van der Waals surface area contributed by atoms with Crippen LogP contribution in [0.2, 0.25) is 0 Å². The van der Waals surface area contributed by atoms with E-state index in [1.807, 2.05) is 25.1 Å². The lowest BCUT2D eigenvalue weighted by Gasteiger charge is -2.15. The van der Waals surface area contributed by atoms with Gasteiger partial charge in [-0.25, -0.2) is 4.98 Å². The topological polar surface area (TPSA) is 49.8 Å².